The Morgan fingerprint density at radius 2 is 2.55 bits per heavy atom. The summed E-state index contributed by atoms with van der Waals surface area (Å²) in [5, 5.41) is 0.723. The smallest absolute Gasteiger partial charge is 0.0583 e. The predicted molar refractivity (Wildman–Crippen MR) is 51.1 cm³/mol. The molecule has 2 atom stereocenters. The Balaban J connectivity index is 2.20. The van der Waals surface area contributed by atoms with Gasteiger partial charge in [0.25, 0.3) is 0 Å². The van der Waals surface area contributed by atoms with Crippen molar-refractivity contribution in [3.05, 3.63) is 23.9 Å². The lowest BCUT2D eigenvalue weighted by Gasteiger charge is -2.15. The number of hydrogen-bond donors (Lipinski definition) is 0. The minimum atomic E-state index is 0.723. The van der Waals surface area contributed by atoms with Crippen molar-refractivity contribution in [2.24, 2.45) is 10.9 Å². The lowest BCUT2D eigenvalue weighted by molar-refractivity contribution is 0.677. The molecule has 1 heterocycles. The lowest BCUT2D eigenvalue weighted by atomic mass is 9.97. The Kier molecular flexibility index (Phi) is 1.86. The molecule has 1 fully saturated rings. The summed E-state index contributed by atoms with van der Waals surface area (Å²) in [5.41, 5.74) is 1.05. The minimum Gasteiger partial charge on any atom is -0.265 e. The molecule has 1 aliphatic carbocycles. The van der Waals surface area contributed by atoms with Crippen LogP contribution >= 0.6 is 11.8 Å². The van der Waals surface area contributed by atoms with Crippen LogP contribution in [0.5, 0.6) is 0 Å². The minimum absolute atomic E-state index is 0.723. The van der Waals surface area contributed by atoms with E-state index in [1.54, 1.807) is 0 Å². The van der Waals surface area contributed by atoms with Crippen molar-refractivity contribution < 1.29 is 0 Å². The van der Waals surface area contributed by atoms with Crippen molar-refractivity contribution in [3.63, 3.8) is 0 Å². The van der Waals surface area contributed by atoms with Crippen molar-refractivity contribution in [2.45, 2.75) is 11.7 Å². The highest BCUT2D eigenvalue weighted by Gasteiger charge is 2.26. The first-order valence-electron chi connectivity index (χ1n) is 3.88. The topological polar surface area (TPSA) is 12.4 Å². The Hall–Kier alpha value is -0.500. The molecule has 0 aromatic heterocycles. The first kappa shape index (κ1) is 7.17. The lowest BCUT2D eigenvalue weighted by Crippen LogP contribution is -2.09. The quantitative estimate of drug-likeness (QED) is 0.543. The second-order valence-corrected chi connectivity index (χ2v) is 4.18. The van der Waals surface area contributed by atoms with Crippen molar-refractivity contribution >= 4 is 18.5 Å². The molecule has 11 heavy (non-hydrogen) atoms. The highest BCUT2D eigenvalue weighted by molar-refractivity contribution is 8.00. The van der Waals surface area contributed by atoms with Crippen LogP contribution in [-0.4, -0.2) is 17.7 Å². The van der Waals surface area contributed by atoms with Crippen molar-refractivity contribution in [1.82, 2.24) is 0 Å². The zero-order valence-electron chi connectivity index (χ0n) is 6.36. The van der Waals surface area contributed by atoms with E-state index in [2.05, 4.69) is 29.9 Å². The van der Waals surface area contributed by atoms with Gasteiger partial charge in [-0.2, -0.15) is 11.8 Å². The molecule has 0 aromatic carbocycles. The third-order valence-corrected chi connectivity index (χ3v) is 3.57. The highest BCUT2D eigenvalue weighted by Crippen LogP contribution is 2.37. The molecular formula is C9H11NS. The van der Waals surface area contributed by atoms with Crippen LogP contribution in [0.2, 0.25) is 0 Å². The van der Waals surface area contributed by atoms with E-state index >= 15 is 0 Å². The molecule has 0 spiro atoms. The van der Waals surface area contributed by atoms with Gasteiger partial charge in [-0.05, 0) is 30.9 Å². The summed E-state index contributed by atoms with van der Waals surface area (Å²) >= 11 is 2.05. The van der Waals surface area contributed by atoms with E-state index in [0.29, 0.717) is 0 Å². The summed E-state index contributed by atoms with van der Waals surface area (Å²) in [6, 6.07) is 0. The zero-order valence-corrected chi connectivity index (χ0v) is 7.18. The maximum Gasteiger partial charge on any atom is 0.0583 e. The third-order valence-electron chi connectivity index (χ3n) is 2.21. The molecule has 2 rings (SSSR count). The number of hydrogen-bond acceptors (Lipinski definition) is 2. The van der Waals surface area contributed by atoms with Crippen LogP contribution in [0.1, 0.15) is 6.42 Å². The van der Waals surface area contributed by atoms with Crippen LogP contribution in [0.15, 0.2) is 28.9 Å². The number of rotatable bonds is 1. The molecule has 2 aliphatic rings. The van der Waals surface area contributed by atoms with Crippen LogP contribution in [0.4, 0.5) is 0 Å². The SMILES string of the molecule is C=NC1=CC2CCSC2C=C1. The molecule has 1 nitrogen and oxygen atoms in total. The van der Waals surface area contributed by atoms with Crippen LogP contribution in [0.25, 0.3) is 0 Å². The normalized spacial score (nSPS) is 34.7. The van der Waals surface area contributed by atoms with Gasteiger partial charge in [0, 0.05) is 5.25 Å². The largest absolute Gasteiger partial charge is 0.265 e. The van der Waals surface area contributed by atoms with E-state index < -0.39 is 0 Å². The van der Waals surface area contributed by atoms with Crippen LogP contribution in [0.3, 0.4) is 0 Å². The number of aliphatic imine (C=N–C) groups is 1. The Labute approximate surface area is 71.3 Å². The van der Waals surface area contributed by atoms with Crippen LogP contribution < -0.4 is 0 Å². The van der Waals surface area contributed by atoms with Gasteiger partial charge in [-0.15, -0.1) is 0 Å². The number of fused-ring (bicyclic) bond motifs is 1. The summed E-state index contributed by atoms with van der Waals surface area (Å²) in [6.07, 6.45) is 7.88. The second-order valence-electron chi connectivity index (χ2n) is 2.90. The summed E-state index contributed by atoms with van der Waals surface area (Å²) in [4.78, 5) is 3.92. The molecule has 0 bridgehead atoms. The maximum absolute atomic E-state index is 3.92. The summed E-state index contributed by atoms with van der Waals surface area (Å²) < 4.78 is 0. The Morgan fingerprint density at radius 3 is 3.36 bits per heavy atom. The molecule has 2 heteroatoms. The van der Waals surface area contributed by atoms with Crippen LogP contribution in [-0.2, 0) is 0 Å². The third kappa shape index (κ3) is 1.27. The van der Waals surface area contributed by atoms with Gasteiger partial charge in [0.2, 0.25) is 0 Å². The number of nitrogens with zero attached hydrogens (tertiary/aromatic N) is 1. The molecule has 0 saturated carbocycles. The fraction of sp³-hybridized carbons (Fsp3) is 0.444. The molecule has 2 unspecified atom stereocenters. The van der Waals surface area contributed by atoms with E-state index in [0.717, 1.165) is 16.9 Å². The summed E-state index contributed by atoms with van der Waals surface area (Å²) in [7, 11) is 0. The molecule has 0 radical (unpaired) electrons. The van der Waals surface area contributed by atoms with Gasteiger partial charge in [-0.3, -0.25) is 4.99 Å². The fourth-order valence-corrected chi connectivity index (χ4v) is 2.91. The predicted octanol–water partition coefficient (Wildman–Crippen LogP) is 2.26. The van der Waals surface area contributed by atoms with Gasteiger partial charge < -0.3 is 0 Å². The maximum atomic E-state index is 3.92. The van der Waals surface area contributed by atoms with E-state index in [9.17, 15) is 0 Å². The second kappa shape index (κ2) is 2.86. The number of allylic oxidation sites excluding steroid dienone is 2. The number of thioether (sulfide) groups is 1. The van der Waals surface area contributed by atoms with Gasteiger partial charge in [-0.1, -0.05) is 12.2 Å². The van der Waals surface area contributed by atoms with Gasteiger partial charge >= 0.3 is 0 Å². The zero-order chi connectivity index (χ0) is 7.68. The average Bonchev–Trinajstić information content (AvgIpc) is 2.50. The molecule has 58 valence electrons. The van der Waals surface area contributed by atoms with E-state index in [4.69, 9.17) is 0 Å². The van der Waals surface area contributed by atoms with Crippen molar-refractivity contribution in [1.29, 1.82) is 0 Å². The van der Waals surface area contributed by atoms with Crippen molar-refractivity contribution in [3.8, 4) is 0 Å². The first-order valence-corrected chi connectivity index (χ1v) is 4.93. The molecule has 0 N–H and O–H groups in total. The molecular weight excluding hydrogens is 154 g/mol. The average molecular weight is 165 g/mol. The fourth-order valence-electron chi connectivity index (χ4n) is 1.58. The standard InChI is InChI=1S/C9H11NS/c1-10-8-2-3-9-7(6-8)4-5-11-9/h2-3,6-7,9H,1,4-5H2. The van der Waals surface area contributed by atoms with Gasteiger partial charge in [0.15, 0.2) is 0 Å². The molecule has 0 amide bonds. The van der Waals surface area contributed by atoms with E-state index in [1.807, 2.05) is 11.8 Å². The molecule has 1 saturated heterocycles. The van der Waals surface area contributed by atoms with Gasteiger partial charge in [0.1, 0.15) is 0 Å². The van der Waals surface area contributed by atoms with Gasteiger partial charge in [-0.25, -0.2) is 0 Å². The molecule has 1 aliphatic heterocycles. The Morgan fingerprint density at radius 1 is 1.64 bits per heavy atom. The van der Waals surface area contributed by atoms with Gasteiger partial charge in [0.05, 0.1) is 5.70 Å². The Bertz CT molecular complexity index is 230. The van der Waals surface area contributed by atoms with E-state index in [1.165, 1.54) is 12.2 Å². The van der Waals surface area contributed by atoms with Crippen LogP contribution in [0, 0.1) is 5.92 Å². The summed E-state index contributed by atoms with van der Waals surface area (Å²) in [6.45, 7) is 3.52. The van der Waals surface area contributed by atoms with E-state index in [-0.39, 0.29) is 0 Å². The molecule has 0 aromatic rings. The van der Waals surface area contributed by atoms with Crippen molar-refractivity contribution in [2.75, 3.05) is 5.75 Å². The monoisotopic (exact) mass is 165 g/mol. The summed E-state index contributed by atoms with van der Waals surface area (Å²) in [5.74, 6) is 2.02. The first-order chi connectivity index (χ1) is 5.40. The highest BCUT2D eigenvalue weighted by atomic mass is 32.2.